The molecule has 0 aromatic heterocycles. The topological polar surface area (TPSA) is 84.9 Å². The van der Waals surface area contributed by atoms with E-state index in [4.69, 9.17) is 9.47 Å². The summed E-state index contributed by atoms with van der Waals surface area (Å²) in [6, 6.07) is 22.6. The third-order valence-electron chi connectivity index (χ3n) is 3.89. The van der Waals surface area contributed by atoms with Crippen LogP contribution in [0.25, 0.3) is 0 Å². The summed E-state index contributed by atoms with van der Waals surface area (Å²) in [6.07, 6.45) is -0.664. The molecule has 0 saturated heterocycles. The minimum atomic E-state index is -0.664. The van der Waals surface area contributed by atoms with Crippen molar-refractivity contribution in [3.8, 4) is 5.75 Å². The lowest BCUT2D eigenvalue weighted by atomic mass is 10.2. The Morgan fingerprint density at radius 3 is 1.93 bits per heavy atom. The van der Waals surface area contributed by atoms with Crippen LogP contribution >= 0.6 is 0 Å². The molecule has 0 unspecified atom stereocenters. The predicted octanol–water partition coefficient (Wildman–Crippen LogP) is 4.50. The highest BCUT2D eigenvalue weighted by atomic mass is 16.5. The van der Waals surface area contributed by atoms with E-state index in [1.54, 1.807) is 0 Å². The van der Waals surface area contributed by atoms with Gasteiger partial charge < -0.3 is 14.6 Å². The summed E-state index contributed by atoms with van der Waals surface area (Å²) < 4.78 is 10.3. The number of esters is 1. The normalized spacial score (nSPS) is 10.1. The molecule has 142 valence electrons. The van der Waals surface area contributed by atoms with Gasteiger partial charge >= 0.3 is 12.1 Å². The number of carbonyl (C=O) groups excluding carboxylic acids is 2. The van der Waals surface area contributed by atoms with E-state index in [0.29, 0.717) is 5.69 Å². The molecule has 0 fully saturated rings. The molecule has 0 atom stereocenters. The third-order valence-corrected chi connectivity index (χ3v) is 3.89. The molecule has 6 nitrogen and oxygen atoms in total. The van der Waals surface area contributed by atoms with Crippen molar-refractivity contribution in [2.45, 2.75) is 13.2 Å². The fraction of sp³-hybridized carbons (Fsp3) is 0.0909. The number of carbonyl (C=O) groups is 2. The Kier molecular flexibility index (Phi) is 6.25. The first-order valence-corrected chi connectivity index (χ1v) is 8.63. The highest BCUT2D eigenvalue weighted by molar-refractivity contribution is 5.94. The Labute approximate surface area is 162 Å². The quantitative estimate of drug-likeness (QED) is 0.618. The van der Waals surface area contributed by atoms with Crippen LogP contribution in [0.5, 0.6) is 5.75 Å². The maximum absolute atomic E-state index is 12.1. The molecular formula is C22H19NO5. The zero-order valence-corrected chi connectivity index (χ0v) is 15.0. The van der Waals surface area contributed by atoms with E-state index < -0.39 is 12.1 Å². The third kappa shape index (κ3) is 5.35. The average Bonchev–Trinajstić information content (AvgIpc) is 2.72. The van der Waals surface area contributed by atoms with Crippen molar-refractivity contribution in [1.82, 2.24) is 0 Å². The first kappa shape index (κ1) is 19.0. The van der Waals surface area contributed by atoms with Crippen LogP contribution in [0.2, 0.25) is 0 Å². The largest absolute Gasteiger partial charge is 0.507 e. The second-order valence-electron chi connectivity index (χ2n) is 5.98. The van der Waals surface area contributed by atoms with E-state index in [1.165, 1.54) is 18.2 Å². The number of amides is 1. The number of anilines is 1. The van der Waals surface area contributed by atoms with E-state index >= 15 is 0 Å². The summed E-state index contributed by atoms with van der Waals surface area (Å²) in [5.41, 5.74) is 2.01. The highest BCUT2D eigenvalue weighted by Gasteiger charge is 2.14. The van der Waals surface area contributed by atoms with Crippen LogP contribution in [-0.2, 0) is 22.7 Å². The van der Waals surface area contributed by atoms with Crippen molar-refractivity contribution in [2.75, 3.05) is 5.32 Å². The molecule has 3 aromatic rings. The van der Waals surface area contributed by atoms with Crippen LogP contribution in [0, 0.1) is 0 Å². The standard InChI is InChI=1S/C22H19NO5/c24-20-13-18(23-22(26)28-15-17-9-5-2-6-10-17)11-12-19(20)21(25)27-14-16-7-3-1-4-8-16/h1-13,24H,14-15H2,(H,23,26). The van der Waals surface area contributed by atoms with Crippen LogP contribution in [-0.4, -0.2) is 17.2 Å². The summed E-state index contributed by atoms with van der Waals surface area (Å²) in [6.45, 7) is 0.230. The molecule has 0 aliphatic carbocycles. The van der Waals surface area contributed by atoms with Crippen LogP contribution in [0.3, 0.4) is 0 Å². The molecule has 3 rings (SSSR count). The fourth-order valence-electron chi connectivity index (χ4n) is 2.46. The monoisotopic (exact) mass is 377 g/mol. The van der Waals surface area contributed by atoms with Gasteiger partial charge in [0.25, 0.3) is 0 Å². The molecule has 0 aliphatic heterocycles. The summed E-state index contributed by atoms with van der Waals surface area (Å²) in [5.74, 6) is -0.946. The molecular weight excluding hydrogens is 358 g/mol. The first-order valence-electron chi connectivity index (χ1n) is 8.63. The second-order valence-corrected chi connectivity index (χ2v) is 5.98. The van der Waals surface area contributed by atoms with E-state index in [1.807, 2.05) is 60.7 Å². The van der Waals surface area contributed by atoms with Crippen molar-refractivity contribution in [3.63, 3.8) is 0 Å². The molecule has 0 radical (unpaired) electrons. The van der Waals surface area contributed by atoms with Gasteiger partial charge in [-0.05, 0) is 23.3 Å². The summed E-state index contributed by atoms with van der Waals surface area (Å²) >= 11 is 0. The van der Waals surface area contributed by atoms with Crippen LogP contribution in [0.1, 0.15) is 21.5 Å². The number of phenols is 1. The number of nitrogens with one attached hydrogen (secondary N) is 1. The van der Waals surface area contributed by atoms with Gasteiger partial charge in [0.1, 0.15) is 24.5 Å². The van der Waals surface area contributed by atoms with Crippen molar-refractivity contribution >= 4 is 17.7 Å². The zero-order chi connectivity index (χ0) is 19.8. The molecule has 2 N–H and O–H groups in total. The van der Waals surface area contributed by atoms with E-state index in [9.17, 15) is 14.7 Å². The second kappa shape index (κ2) is 9.23. The van der Waals surface area contributed by atoms with Crippen LogP contribution < -0.4 is 5.32 Å². The lowest BCUT2D eigenvalue weighted by Gasteiger charge is -2.10. The first-order chi connectivity index (χ1) is 13.6. The highest BCUT2D eigenvalue weighted by Crippen LogP contribution is 2.23. The fourth-order valence-corrected chi connectivity index (χ4v) is 2.46. The smallest absolute Gasteiger partial charge is 0.411 e. The molecule has 0 spiro atoms. The Hall–Kier alpha value is -3.80. The predicted molar refractivity (Wildman–Crippen MR) is 104 cm³/mol. The average molecular weight is 377 g/mol. The Bertz CT molecular complexity index is 942. The maximum Gasteiger partial charge on any atom is 0.411 e. The van der Waals surface area contributed by atoms with Gasteiger partial charge in [-0.1, -0.05) is 60.7 Å². The Balaban J connectivity index is 1.54. The number of hydrogen-bond donors (Lipinski definition) is 2. The van der Waals surface area contributed by atoms with Gasteiger partial charge in [0.2, 0.25) is 0 Å². The Morgan fingerprint density at radius 2 is 1.36 bits per heavy atom. The molecule has 3 aromatic carbocycles. The number of ether oxygens (including phenoxy) is 2. The van der Waals surface area contributed by atoms with Gasteiger partial charge in [0.15, 0.2) is 0 Å². The lowest BCUT2D eigenvalue weighted by molar-refractivity contribution is 0.0469. The van der Waals surface area contributed by atoms with Crippen molar-refractivity contribution in [3.05, 3.63) is 95.6 Å². The summed E-state index contributed by atoms with van der Waals surface area (Å²) in [4.78, 5) is 24.0. The van der Waals surface area contributed by atoms with Crippen molar-refractivity contribution in [2.24, 2.45) is 0 Å². The summed E-state index contributed by atoms with van der Waals surface area (Å²) in [5, 5.41) is 12.6. The Morgan fingerprint density at radius 1 is 0.786 bits per heavy atom. The van der Waals surface area contributed by atoms with E-state index in [0.717, 1.165) is 11.1 Å². The molecule has 0 bridgehead atoms. The zero-order valence-electron chi connectivity index (χ0n) is 15.0. The number of aromatic hydroxyl groups is 1. The van der Waals surface area contributed by atoms with Crippen molar-refractivity contribution < 1.29 is 24.2 Å². The number of hydrogen-bond acceptors (Lipinski definition) is 5. The number of phenolic OH excluding ortho intramolecular Hbond substituents is 1. The number of benzene rings is 3. The van der Waals surface area contributed by atoms with Gasteiger partial charge in [-0.25, -0.2) is 9.59 Å². The van der Waals surface area contributed by atoms with E-state index in [-0.39, 0.29) is 24.5 Å². The minimum absolute atomic E-state index is 0.0131. The summed E-state index contributed by atoms with van der Waals surface area (Å²) in [7, 11) is 0. The van der Waals surface area contributed by atoms with E-state index in [2.05, 4.69) is 5.32 Å². The molecule has 0 heterocycles. The van der Waals surface area contributed by atoms with Gasteiger partial charge in [0, 0.05) is 11.8 Å². The molecule has 0 aliphatic rings. The number of rotatable bonds is 6. The molecule has 28 heavy (non-hydrogen) atoms. The van der Waals surface area contributed by atoms with Crippen molar-refractivity contribution in [1.29, 1.82) is 0 Å². The SMILES string of the molecule is O=C(Nc1ccc(C(=O)OCc2ccccc2)c(O)c1)OCc1ccccc1. The van der Waals surface area contributed by atoms with Crippen LogP contribution in [0.15, 0.2) is 78.9 Å². The van der Waals surface area contributed by atoms with Gasteiger partial charge in [0.05, 0.1) is 0 Å². The van der Waals surface area contributed by atoms with Gasteiger partial charge in [-0.3, -0.25) is 5.32 Å². The maximum atomic E-state index is 12.1. The van der Waals surface area contributed by atoms with Gasteiger partial charge in [-0.15, -0.1) is 0 Å². The van der Waals surface area contributed by atoms with Crippen LogP contribution in [0.4, 0.5) is 10.5 Å². The molecule has 0 saturated carbocycles. The molecule has 1 amide bonds. The lowest BCUT2D eigenvalue weighted by Crippen LogP contribution is -2.14. The molecule has 6 heteroatoms. The minimum Gasteiger partial charge on any atom is -0.507 e. The van der Waals surface area contributed by atoms with Gasteiger partial charge in [-0.2, -0.15) is 0 Å².